The number of aliphatic hydroxyl groups excluding tert-OH is 1. The van der Waals surface area contributed by atoms with Gasteiger partial charge in [-0.25, -0.2) is 0 Å². The molecule has 2 aliphatic rings. The molecule has 1 atom stereocenters. The highest BCUT2D eigenvalue weighted by atomic mass is 16.5. The SMILES string of the molecule is Cc1ccc(C)c(OCC(O)CN2CCN(C(=O)CN3CCCC3)CC2)c1C. The Morgan fingerprint density at radius 3 is 2.32 bits per heavy atom. The minimum Gasteiger partial charge on any atom is -0.490 e. The van der Waals surface area contributed by atoms with Crippen LogP contribution in [0.5, 0.6) is 5.75 Å². The third-order valence-electron chi connectivity index (χ3n) is 6.05. The van der Waals surface area contributed by atoms with E-state index in [1.165, 1.54) is 18.4 Å². The molecular formula is C22H35N3O3. The summed E-state index contributed by atoms with van der Waals surface area (Å²) in [6.07, 6.45) is 1.89. The van der Waals surface area contributed by atoms with Gasteiger partial charge >= 0.3 is 0 Å². The van der Waals surface area contributed by atoms with Crippen molar-refractivity contribution >= 4 is 5.91 Å². The van der Waals surface area contributed by atoms with Gasteiger partial charge in [-0.3, -0.25) is 14.6 Å². The van der Waals surface area contributed by atoms with Crippen LogP contribution >= 0.6 is 0 Å². The maximum absolute atomic E-state index is 12.4. The number of aryl methyl sites for hydroxylation is 2. The van der Waals surface area contributed by atoms with Crippen molar-refractivity contribution in [1.29, 1.82) is 0 Å². The Hall–Kier alpha value is -1.63. The Morgan fingerprint density at radius 1 is 1.00 bits per heavy atom. The van der Waals surface area contributed by atoms with Crippen LogP contribution in [0.25, 0.3) is 0 Å². The highest BCUT2D eigenvalue weighted by Gasteiger charge is 2.25. The number of ether oxygens (including phenoxy) is 1. The molecule has 156 valence electrons. The highest BCUT2D eigenvalue weighted by Crippen LogP contribution is 2.25. The summed E-state index contributed by atoms with van der Waals surface area (Å²) >= 11 is 0. The molecule has 1 amide bonds. The first kappa shape index (κ1) is 21.1. The molecule has 0 radical (unpaired) electrons. The van der Waals surface area contributed by atoms with E-state index in [0.717, 1.165) is 56.1 Å². The summed E-state index contributed by atoms with van der Waals surface area (Å²) < 4.78 is 5.94. The first-order valence-electron chi connectivity index (χ1n) is 10.5. The third kappa shape index (κ3) is 5.46. The lowest BCUT2D eigenvalue weighted by Crippen LogP contribution is -2.52. The number of nitrogens with zero attached hydrogens (tertiary/aromatic N) is 3. The van der Waals surface area contributed by atoms with E-state index in [2.05, 4.69) is 35.8 Å². The summed E-state index contributed by atoms with van der Waals surface area (Å²) in [5, 5.41) is 10.4. The van der Waals surface area contributed by atoms with Crippen LogP contribution in [0.4, 0.5) is 0 Å². The lowest BCUT2D eigenvalue weighted by atomic mass is 10.1. The first-order valence-corrected chi connectivity index (χ1v) is 10.5. The summed E-state index contributed by atoms with van der Waals surface area (Å²) in [5.74, 6) is 1.13. The van der Waals surface area contributed by atoms with E-state index >= 15 is 0 Å². The predicted molar refractivity (Wildman–Crippen MR) is 111 cm³/mol. The number of aliphatic hydroxyl groups is 1. The van der Waals surface area contributed by atoms with E-state index < -0.39 is 6.10 Å². The van der Waals surface area contributed by atoms with Crippen molar-refractivity contribution in [2.75, 3.05) is 59.0 Å². The number of piperazine rings is 1. The Kier molecular flexibility index (Phi) is 7.32. The smallest absolute Gasteiger partial charge is 0.236 e. The van der Waals surface area contributed by atoms with Crippen LogP contribution in [0.2, 0.25) is 0 Å². The largest absolute Gasteiger partial charge is 0.490 e. The molecule has 0 saturated carbocycles. The Morgan fingerprint density at radius 2 is 1.64 bits per heavy atom. The van der Waals surface area contributed by atoms with E-state index in [4.69, 9.17) is 4.74 Å². The molecule has 2 saturated heterocycles. The average Bonchev–Trinajstić information content (AvgIpc) is 3.18. The summed E-state index contributed by atoms with van der Waals surface area (Å²) in [6, 6.07) is 4.15. The molecule has 0 spiro atoms. The first-order chi connectivity index (χ1) is 13.4. The summed E-state index contributed by atoms with van der Waals surface area (Å²) in [4.78, 5) is 18.9. The Labute approximate surface area is 169 Å². The van der Waals surface area contributed by atoms with Crippen molar-refractivity contribution in [3.05, 3.63) is 28.8 Å². The van der Waals surface area contributed by atoms with Crippen molar-refractivity contribution in [2.45, 2.75) is 39.7 Å². The molecule has 0 aliphatic carbocycles. The Bertz CT molecular complexity index is 665. The standard InChI is InChI=1S/C22H35N3O3/c1-17-6-7-18(2)22(19(17)3)28-16-20(26)14-24-10-12-25(13-11-24)21(27)15-23-8-4-5-9-23/h6-7,20,26H,4-5,8-16H2,1-3H3. The molecule has 1 unspecified atom stereocenters. The van der Waals surface area contributed by atoms with E-state index in [1.807, 2.05) is 11.8 Å². The summed E-state index contributed by atoms with van der Waals surface area (Å²) in [5.41, 5.74) is 3.43. The minimum atomic E-state index is -0.536. The number of β-amino-alcohol motifs (C(OH)–C–C–N with tert-alkyl or cyclic N) is 1. The van der Waals surface area contributed by atoms with Gasteiger partial charge in [0.2, 0.25) is 5.91 Å². The van der Waals surface area contributed by atoms with E-state index in [0.29, 0.717) is 19.7 Å². The molecule has 1 aromatic rings. The topological polar surface area (TPSA) is 56.3 Å². The number of carbonyl (C=O) groups excluding carboxylic acids is 1. The van der Waals surface area contributed by atoms with Crippen molar-refractivity contribution in [3.8, 4) is 5.75 Å². The van der Waals surface area contributed by atoms with Gasteiger partial charge in [-0.1, -0.05) is 12.1 Å². The third-order valence-corrected chi connectivity index (χ3v) is 6.05. The predicted octanol–water partition coefficient (Wildman–Crippen LogP) is 1.59. The van der Waals surface area contributed by atoms with Crippen LogP contribution in [0.3, 0.4) is 0 Å². The van der Waals surface area contributed by atoms with Crippen LogP contribution in [-0.2, 0) is 4.79 Å². The molecule has 6 heteroatoms. The van der Waals surface area contributed by atoms with Gasteiger partial charge in [0.25, 0.3) is 0 Å². The number of likely N-dealkylation sites (tertiary alicyclic amines) is 1. The van der Waals surface area contributed by atoms with Crippen molar-refractivity contribution < 1.29 is 14.6 Å². The molecule has 2 heterocycles. The zero-order valence-electron chi connectivity index (χ0n) is 17.6. The fourth-order valence-corrected chi connectivity index (χ4v) is 4.09. The number of rotatable bonds is 7. The van der Waals surface area contributed by atoms with Crippen molar-refractivity contribution in [3.63, 3.8) is 0 Å². The van der Waals surface area contributed by atoms with Crippen molar-refractivity contribution in [1.82, 2.24) is 14.7 Å². The molecule has 6 nitrogen and oxygen atoms in total. The van der Waals surface area contributed by atoms with Gasteiger partial charge in [0.1, 0.15) is 18.5 Å². The monoisotopic (exact) mass is 389 g/mol. The van der Waals surface area contributed by atoms with Crippen LogP contribution in [0.15, 0.2) is 12.1 Å². The molecule has 2 aliphatic heterocycles. The zero-order valence-corrected chi connectivity index (χ0v) is 17.6. The van der Waals surface area contributed by atoms with Gasteiger partial charge in [-0.15, -0.1) is 0 Å². The lowest BCUT2D eigenvalue weighted by Gasteiger charge is -2.36. The molecule has 0 bridgehead atoms. The van der Waals surface area contributed by atoms with Gasteiger partial charge in [-0.2, -0.15) is 0 Å². The normalized spacial score (nSPS) is 19.8. The Balaban J connectivity index is 1.39. The quantitative estimate of drug-likeness (QED) is 0.768. The summed E-state index contributed by atoms with van der Waals surface area (Å²) in [6.45, 7) is 12.8. The van der Waals surface area contributed by atoms with Gasteiger partial charge < -0.3 is 14.7 Å². The van der Waals surface area contributed by atoms with Gasteiger partial charge in [0.05, 0.1) is 6.54 Å². The van der Waals surface area contributed by atoms with Crippen molar-refractivity contribution in [2.24, 2.45) is 0 Å². The fourth-order valence-electron chi connectivity index (χ4n) is 4.09. The lowest BCUT2D eigenvalue weighted by molar-refractivity contribution is -0.134. The second-order valence-corrected chi connectivity index (χ2v) is 8.28. The van der Waals surface area contributed by atoms with Crippen LogP contribution in [0.1, 0.15) is 29.5 Å². The second-order valence-electron chi connectivity index (χ2n) is 8.28. The number of benzene rings is 1. The number of carbonyl (C=O) groups is 1. The maximum Gasteiger partial charge on any atom is 0.236 e. The molecule has 3 rings (SSSR count). The maximum atomic E-state index is 12.4. The molecule has 2 fully saturated rings. The van der Waals surface area contributed by atoms with Crippen LogP contribution in [-0.4, -0.2) is 90.8 Å². The zero-order chi connectivity index (χ0) is 20.1. The van der Waals surface area contributed by atoms with E-state index in [-0.39, 0.29) is 5.91 Å². The van der Waals surface area contributed by atoms with Gasteiger partial charge in [0.15, 0.2) is 0 Å². The van der Waals surface area contributed by atoms with E-state index in [1.54, 1.807) is 0 Å². The van der Waals surface area contributed by atoms with Gasteiger partial charge in [-0.05, 0) is 63.4 Å². The molecule has 0 aromatic heterocycles. The molecular weight excluding hydrogens is 354 g/mol. The number of hydrogen-bond acceptors (Lipinski definition) is 5. The fraction of sp³-hybridized carbons (Fsp3) is 0.682. The number of amides is 1. The van der Waals surface area contributed by atoms with Crippen LogP contribution in [0, 0.1) is 20.8 Å². The molecule has 1 N–H and O–H groups in total. The minimum absolute atomic E-state index is 0.246. The highest BCUT2D eigenvalue weighted by molar-refractivity contribution is 5.78. The second kappa shape index (κ2) is 9.72. The van der Waals surface area contributed by atoms with Crippen LogP contribution < -0.4 is 4.74 Å². The average molecular weight is 390 g/mol. The molecule has 28 heavy (non-hydrogen) atoms. The number of hydrogen-bond donors (Lipinski definition) is 1. The molecule has 1 aromatic carbocycles. The van der Waals surface area contributed by atoms with E-state index in [9.17, 15) is 9.90 Å². The summed E-state index contributed by atoms with van der Waals surface area (Å²) in [7, 11) is 0. The van der Waals surface area contributed by atoms with Gasteiger partial charge in [0, 0.05) is 32.7 Å².